The number of hydrogen-bond acceptors (Lipinski definition) is 4. The number of nitrogens with one attached hydrogen (secondary N) is 1. The van der Waals surface area contributed by atoms with E-state index in [4.69, 9.17) is 0 Å². The van der Waals surface area contributed by atoms with E-state index < -0.39 is 0 Å². The second kappa shape index (κ2) is 4.31. The predicted octanol–water partition coefficient (Wildman–Crippen LogP) is 0.508. The van der Waals surface area contributed by atoms with E-state index in [1.165, 1.54) is 0 Å². The maximum absolute atomic E-state index is 12.3. The maximum atomic E-state index is 12.3. The topological polar surface area (TPSA) is 35.6 Å². The Morgan fingerprint density at radius 1 is 1.47 bits per heavy atom. The number of rotatable bonds is 2. The third kappa shape index (κ3) is 1.66. The summed E-state index contributed by atoms with van der Waals surface area (Å²) in [6.07, 6.45) is 3.89. The molecule has 86 valence electrons. The fourth-order valence-electron chi connectivity index (χ4n) is 2.64. The predicted molar refractivity (Wildman–Crippen MR) is 62.4 cm³/mol. The Kier molecular flexibility index (Phi) is 3.23. The number of likely N-dealkylation sites (N-methyl/N-ethyl adjacent to an activating group) is 1. The summed E-state index contributed by atoms with van der Waals surface area (Å²) in [6.45, 7) is 5.81. The van der Waals surface area contributed by atoms with Gasteiger partial charge in [0.1, 0.15) is 5.54 Å². The Hall–Kier alpha value is -0.260. The number of hydrogen-bond donors (Lipinski definition) is 1. The van der Waals surface area contributed by atoms with Crippen LogP contribution in [0.5, 0.6) is 0 Å². The molecular weight excluding hydrogens is 210 g/mol. The van der Waals surface area contributed by atoms with Gasteiger partial charge in [-0.25, -0.2) is 0 Å². The molecule has 0 atom stereocenters. The molecule has 2 saturated heterocycles. The van der Waals surface area contributed by atoms with Crippen molar-refractivity contribution in [2.75, 3.05) is 32.6 Å². The monoisotopic (exact) mass is 229 g/mol. The van der Waals surface area contributed by atoms with Crippen LogP contribution in [0.15, 0.2) is 0 Å². The van der Waals surface area contributed by atoms with Crippen LogP contribution >= 0.6 is 11.9 Å². The minimum Gasteiger partial charge on any atom is -0.317 e. The smallest absolute Gasteiger partial charge is 0.254 e. The molecular formula is C10H19N3OS. The molecule has 4 nitrogen and oxygen atoms in total. The molecule has 0 aromatic carbocycles. The van der Waals surface area contributed by atoms with Crippen LogP contribution in [0.1, 0.15) is 19.8 Å². The van der Waals surface area contributed by atoms with Gasteiger partial charge in [0.25, 0.3) is 5.91 Å². The van der Waals surface area contributed by atoms with Gasteiger partial charge in [-0.05, 0) is 44.4 Å². The van der Waals surface area contributed by atoms with Crippen LogP contribution in [0.25, 0.3) is 0 Å². The van der Waals surface area contributed by atoms with E-state index in [2.05, 4.69) is 17.1 Å². The van der Waals surface area contributed by atoms with E-state index in [0.717, 1.165) is 39.1 Å². The third-order valence-corrected chi connectivity index (χ3v) is 4.28. The van der Waals surface area contributed by atoms with Crippen LogP contribution in [-0.2, 0) is 4.79 Å². The fraction of sp³-hybridized carbons (Fsp3) is 0.900. The molecule has 1 amide bonds. The highest BCUT2D eigenvalue weighted by Crippen LogP contribution is 2.36. The normalized spacial score (nSPS) is 26.5. The average molecular weight is 229 g/mol. The van der Waals surface area contributed by atoms with Crippen molar-refractivity contribution < 1.29 is 4.79 Å². The first kappa shape index (κ1) is 11.2. The Balaban J connectivity index is 2.22. The van der Waals surface area contributed by atoms with Gasteiger partial charge >= 0.3 is 0 Å². The molecule has 2 aliphatic rings. The quantitative estimate of drug-likeness (QED) is 0.700. The lowest BCUT2D eigenvalue weighted by molar-refractivity contribution is -0.131. The van der Waals surface area contributed by atoms with E-state index >= 15 is 0 Å². The number of carbonyl (C=O) groups is 1. The van der Waals surface area contributed by atoms with Gasteiger partial charge in [0.2, 0.25) is 0 Å². The minimum absolute atomic E-state index is 0.191. The molecule has 0 bridgehead atoms. The van der Waals surface area contributed by atoms with E-state index in [0.29, 0.717) is 5.91 Å². The zero-order chi connectivity index (χ0) is 10.9. The summed E-state index contributed by atoms with van der Waals surface area (Å²) >= 11 is 1.55. The van der Waals surface area contributed by atoms with Crippen molar-refractivity contribution in [3.63, 3.8) is 0 Å². The molecule has 0 unspecified atom stereocenters. The molecule has 2 aliphatic heterocycles. The largest absolute Gasteiger partial charge is 0.317 e. The van der Waals surface area contributed by atoms with Crippen LogP contribution in [0.2, 0.25) is 0 Å². The Labute approximate surface area is 95.5 Å². The van der Waals surface area contributed by atoms with Gasteiger partial charge in [-0.3, -0.25) is 14.0 Å². The first-order valence-electron chi connectivity index (χ1n) is 5.56. The molecule has 1 spiro atoms. The average Bonchev–Trinajstić information content (AvgIpc) is 2.54. The van der Waals surface area contributed by atoms with Gasteiger partial charge in [-0.15, -0.1) is 0 Å². The lowest BCUT2D eigenvalue weighted by Gasteiger charge is -2.38. The van der Waals surface area contributed by atoms with E-state index in [-0.39, 0.29) is 5.54 Å². The Bertz CT molecular complexity index is 253. The van der Waals surface area contributed by atoms with Crippen LogP contribution in [0, 0.1) is 0 Å². The lowest BCUT2D eigenvalue weighted by atomic mass is 9.87. The standard InChI is InChI=1S/C10H19N3OS/c1-3-12-8-13(15-2)9(14)10(12)4-6-11-7-5-10/h11H,3-8H2,1-2H3. The molecule has 2 fully saturated rings. The van der Waals surface area contributed by atoms with Crippen LogP contribution in [0.3, 0.4) is 0 Å². The van der Waals surface area contributed by atoms with Crippen molar-refractivity contribution in [3.05, 3.63) is 0 Å². The highest BCUT2D eigenvalue weighted by atomic mass is 32.2. The lowest BCUT2D eigenvalue weighted by Crippen LogP contribution is -2.55. The van der Waals surface area contributed by atoms with E-state index in [1.807, 2.05) is 10.6 Å². The highest BCUT2D eigenvalue weighted by molar-refractivity contribution is 7.96. The zero-order valence-electron chi connectivity index (χ0n) is 9.45. The highest BCUT2D eigenvalue weighted by Gasteiger charge is 2.51. The van der Waals surface area contributed by atoms with E-state index in [1.54, 1.807) is 11.9 Å². The summed E-state index contributed by atoms with van der Waals surface area (Å²) in [5, 5.41) is 3.33. The Morgan fingerprint density at radius 3 is 2.67 bits per heavy atom. The SMILES string of the molecule is CCN1CN(SC)C(=O)C12CCNCC2. The Morgan fingerprint density at radius 2 is 2.13 bits per heavy atom. The van der Waals surface area contributed by atoms with Gasteiger partial charge in [-0.1, -0.05) is 6.92 Å². The van der Waals surface area contributed by atoms with Gasteiger partial charge in [0, 0.05) is 6.26 Å². The first-order chi connectivity index (χ1) is 7.24. The molecule has 2 rings (SSSR count). The molecule has 5 heteroatoms. The minimum atomic E-state index is -0.191. The van der Waals surface area contributed by atoms with Gasteiger partial charge in [0.15, 0.2) is 0 Å². The number of carbonyl (C=O) groups excluding carboxylic acids is 1. The third-order valence-electron chi connectivity index (χ3n) is 3.56. The second-order valence-electron chi connectivity index (χ2n) is 4.15. The van der Waals surface area contributed by atoms with Crippen LogP contribution in [-0.4, -0.2) is 53.2 Å². The van der Waals surface area contributed by atoms with Crippen molar-refractivity contribution >= 4 is 17.9 Å². The molecule has 0 aliphatic carbocycles. The zero-order valence-corrected chi connectivity index (χ0v) is 10.3. The summed E-state index contributed by atoms with van der Waals surface area (Å²) in [5.41, 5.74) is -0.191. The van der Waals surface area contributed by atoms with Crippen molar-refractivity contribution in [2.45, 2.75) is 25.3 Å². The van der Waals surface area contributed by atoms with Crippen molar-refractivity contribution in [1.29, 1.82) is 0 Å². The van der Waals surface area contributed by atoms with Crippen LogP contribution in [0.4, 0.5) is 0 Å². The van der Waals surface area contributed by atoms with Gasteiger partial charge in [-0.2, -0.15) is 0 Å². The van der Waals surface area contributed by atoms with E-state index in [9.17, 15) is 4.79 Å². The summed E-state index contributed by atoms with van der Waals surface area (Å²) < 4.78 is 1.90. The van der Waals surface area contributed by atoms with Gasteiger partial charge in [0.05, 0.1) is 6.67 Å². The molecule has 0 radical (unpaired) electrons. The molecule has 15 heavy (non-hydrogen) atoms. The summed E-state index contributed by atoms with van der Waals surface area (Å²) in [5.74, 6) is 0.318. The fourth-order valence-corrected chi connectivity index (χ4v) is 3.23. The number of nitrogens with zero attached hydrogens (tertiary/aromatic N) is 2. The molecule has 0 aromatic rings. The van der Waals surface area contributed by atoms with Crippen molar-refractivity contribution in [1.82, 2.24) is 14.5 Å². The number of amides is 1. The number of piperidine rings is 1. The van der Waals surface area contributed by atoms with Crippen molar-refractivity contribution in [2.24, 2.45) is 0 Å². The molecule has 0 aromatic heterocycles. The molecule has 0 saturated carbocycles. The summed E-state index contributed by atoms with van der Waals surface area (Å²) in [4.78, 5) is 14.6. The van der Waals surface area contributed by atoms with Crippen LogP contribution < -0.4 is 5.32 Å². The molecule has 1 N–H and O–H groups in total. The maximum Gasteiger partial charge on any atom is 0.254 e. The molecule has 2 heterocycles. The second-order valence-corrected chi connectivity index (χ2v) is 4.95. The van der Waals surface area contributed by atoms with Crippen molar-refractivity contribution in [3.8, 4) is 0 Å². The van der Waals surface area contributed by atoms with Gasteiger partial charge < -0.3 is 5.32 Å². The summed E-state index contributed by atoms with van der Waals surface area (Å²) in [6, 6.07) is 0. The summed E-state index contributed by atoms with van der Waals surface area (Å²) in [7, 11) is 0. The first-order valence-corrected chi connectivity index (χ1v) is 6.74.